The molecule has 2 atom stereocenters. The molecule has 2 amide bonds. The number of carbonyl (C=O) groups is 2. The van der Waals surface area contributed by atoms with E-state index in [4.69, 9.17) is 19.4 Å². The number of aromatic amines is 2. The van der Waals surface area contributed by atoms with Crippen LogP contribution in [0.2, 0.25) is 0 Å². The Kier molecular flexibility index (Phi) is 9.04. The van der Waals surface area contributed by atoms with Gasteiger partial charge < -0.3 is 30.1 Å². The summed E-state index contributed by atoms with van der Waals surface area (Å²) in [6.07, 6.45) is -0.952. The highest BCUT2D eigenvalue weighted by molar-refractivity contribution is 6.07. The van der Waals surface area contributed by atoms with Crippen molar-refractivity contribution >= 4 is 55.8 Å². The summed E-state index contributed by atoms with van der Waals surface area (Å²) in [6, 6.07) is 20.3. The van der Waals surface area contributed by atoms with Crippen LogP contribution in [-0.2, 0) is 9.47 Å². The molecule has 4 N–H and O–H groups in total. The molecule has 10 heteroatoms. The highest BCUT2D eigenvalue weighted by Crippen LogP contribution is 2.37. The van der Waals surface area contributed by atoms with Gasteiger partial charge in [-0.2, -0.15) is 0 Å². The Labute approximate surface area is 305 Å². The first-order valence-electron chi connectivity index (χ1n) is 17.9. The monoisotopic (exact) mass is 704 g/mol. The lowest BCUT2D eigenvalue weighted by Gasteiger charge is -2.31. The van der Waals surface area contributed by atoms with E-state index in [9.17, 15) is 9.59 Å². The zero-order chi connectivity index (χ0) is 38.0. The van der Waals surface area contributed by atoms with Crippen LogP contribution in [0.25, 0.3) is 54.7 Å². The molecule has 2 aromatic heterocycles. The van der Waals surface area contributed by atoms with Crippen LogP contribution in [0, 0.1) is 10.8 Å². The lowest BCUT2D eigenvalue weighted by molar-refractivity contribution is 0.0448. The molecule has 6 aromatic rings. The number of nitrogens with one attached hydrogen (secondary N) is 4. The van der Waals surface area contributed by atoms with E-state index >= 15 is 0 Å². The number of hydrogen-bond donors (Lipinski definition) is 4. The number of nitrogens with zero attached hydrogens (tertiary/aromatic N) is 2. The van der Waals surface area contributed by atoms with Gasteiger partial charge in [-0.1, -0.05) is 77.9 Å². The van der Waals surface area contributed by atoms with Crippen molar-refractivity contribution in [3.8, 4) is 11.1 Å². The molecule has 0 fully saturated rings. The quantitative estimate of drug-likeness (QED) is 0.141. The van der Waals surface area contributed by atoms with Crippen LogP contribution in [0.4, 0.5) is 9.59 Å². The molecule has 4 aromatic carbocycles. The largest absolute Gasteiger partial charge is 0.444 e. The first kappa shape index (κ1) is 36.7. The molecule has 10 nitrogen and oxygen atoms in total. The van der Waals surface area contributed by atoms with Crippen LogP contribution in [0.3, 0.4) is 0 Å². The maximum Gasteiger partial charge on any atom is 0.408 e. The smallest absolute Gasteiger partial charge is 0.408 e. The van der Waals surface area contributed by atoms with E-state index in [-0.39, 0.29) is 22.9 Å². The molecular weight excluding hydrogens is 652 g/mol. The fourth-order valence-electron chi connectivity index (χ4n) is 6.53. The van der Waals surface area contributed by atoms with Gasteiger partial charge >= 0.3 is 12.2 Å². The summed E-state index contributed by atoms with van der Waals surface area (Å²) >= 11 is 0. The van der Waals surface area contributed by atoms with Gasteiger partial charge in [0.2, 0.25) is 0 Å². The molecule has 0 saturated heterocycles. The van der Waals surface area contributed by atoms with Gasteiger partial charge in [-0.3, -0.25) is 0 Å². The molecule has 0 radical (unpaired) electrons. The first-order chi connectivity index (χ1) is 24.1. The SMILES string of the molecule is CC(C)(C)OC(=O)N[C@H](c1nc2ccc3cc(-c4ccc5c(ccc6nc([C@@H](NC(=O)OC(C)(C)C)C(C)(C)C)[nH]c65)c4)ccc3c2[nH]1)C(C)(C)C. The van der Waals surface area contributed by atoms with Crippen LogP contribution in [0.15, 0.2) is 60.7 Å². The number of aromatic nitrogens is 4. The van der Waals surface area contributed by atoms with Crippen molar-refractivity contribution in [1.82, 2.24) is 30.6 Å². The van der Waals surface area contributed by atoms with Crippen molar-refractivity contribution in [1.29, 1.82) is 0 Å². The third-order valence-corrected chi connectivity index (χ3v) is 8.92. The van der Waals surface area contributed by atoms with Gasteiger partial charge in [-0.05, 0) is 98.5 Å². The lowest BCUT2D eigenvalue weighted by Crippen LogP contribution is -2.40. The molecular formula is C42H52N6O4. The molecule has 2 heterocycles. The summed E-state index contributed by atoms with van der Waals surface area (Å²) in [5.41, 5.74) is 3.84. The van der Waals surface area contributed by atoms with E-state index < -0.39 is 23.4 Å². The molecule has 0 spiro atoms. The Balaban J connectivity index is 1.31. The van der Waals surface area contributed by atoms with E-state index in [1.807, 2.05) is 53.7 Å². The van der Waals surface area contributed by atoms with E-state index in [0.29, 0.717) is 11.6 Å². The molecule has 52 heavy (non-hydrogen) atoms. The van der Waals surface area contributed by atoms with Crippen molar-refractivity contribution < 1.29 is 19.1 Å². The van der Waals surface area contributed by atoms with Crippen LogP contribution in [0.5, 0.6) is 0 Å². The Morgan fingerprint density at radius 2 is 0.923 bits per heavy atom. The van der Waals surface area contributed by atoms with Gasteiger partial charge in [0.15, 0.2) is 0 Å². The number of amides is 2. The second kappa shape index (κ2) is 12.8. The summed E-state index contributed by atoms with van der Waals surface area (Å²) in [5.74, 6) is 1.37. The summed E-state index contributed by atoms with van der Waals surface area (Å²) < 4.78 is 11.1. The Morgan fingerprint density at radius 3 is 1.25 bits per heavy atom. The average Bonchev–Trinajstić information content (AvgIpc) is 3.64. The van der Waals surface area contributed by atoms with E-state index in [1.54, 1.807) is 0 Å². The van der Waals surface area contributed by atoms with Crippen molar-refractivity contribution in [2.75, 3.05) is 0 Å². The highest BCUT2D eigenvalue weighted by Gasteiger charge is 2.34. The topological polar surface area (TPSA) is 134 Å². The van der Waals surface area contributed by atoms with Gasteiger partial charge in [0.25, 0.3) is 0 Å². The summed E-state index contributed by atoms with van der Waals surface area (Å²) in [7, 11) is 0. The molecule has 6 rings (SSSR count). The fourth-order valence-corrected chi connectivity index (χ4v) is 6.53. The minimum Gasteiger partial charge on any atom is -0.444 e. The third-order valence-electron chi connectivity index (χ3n) is 8.92. The normalized spacial score (nSPS) is 14.2. The summed E-state index contributed by atoms with van der Waals surface area (Å²) in [5, 5.41) is 10.3. The Hall–Kier alpha value is -5.12. The predicted octanol–water partition coefficient (Wildman–Crippen LogP) is 10.6. The van der Waals surface area contributed by atoms with Gasteiger partial charge in [0.1, 0.15) is 22.9 Å². The van der Waals surface area contributed by atoms with E-state index in [0.717, 1.165) is 54.7 Å². The predicted molar refractivity (Wildman–Crippen MR) is 209 cm³/mol. The summed E-state index contributed by atoms with van der Waals surface area (Å²) in [4.78, 5) is 42.4. The van der Waals surface area contributed by atoms with Crippen LogP contribution in [0.1, 0.15) is 107 Å². The second-order valence-corrected chi connectivity index (χ2v) is 17.9. The molecule has 0 unspecified atom stereocenters. The number of H-pyrrole nitrogens is 2. The maximum atomic E-state index is 12.8. The highest BCUT2D eigenvalue weighted by atomic mass is 16.6. The van der Waals surface area contributed by atoms with Crippen LogP contribution < -0.4 is 10.6 Å². The molecule has 274 valence electrons. The van der Waals surface area contributed by atoms with Gasteiger partial charge in [0, 0.05) is 10.8 Å². The number of carbonyl (C=O) groups excluding carboxylic acids is 2. The zero-order valence-corrected chi connectivity index (χ0v) is 32.5. The maximum absolute atomic E-state index is 12.8. The van der Waals surface area contributed by atoms with Crippen molar-refractivity contribution in [3.63, 3.8) is 0 Å². The van der Waals surface area contributed by atoms with Crippen molar-refractivity contribution in [2.24, 2.45) is 10.8 Å². The number of fused-ring (bicyclic) bond motifs is 6. The second-order valence-electron chi connectivity index (χ2n) is 17.9. The lowest BCUT2D eigenvalue weighted by atomic mass is 9.86. The molecule has 0 saturated carbocycles. The zero-order valence-electron chi connectivity index (χ0n) is 32.5. The van der Waals surface area contributed by atoms with Gasteiger partial charge in [-0.15, -0.1) is 0 Å². The number of hydrogen-bond acceptors (Lipinski definition) is 6. The Bertz CT molecular complexity index is 2140. The third kappa shape index (κ3) is 7.86. The number of rotatable bonds is 5. The number of imidazole rings is 2. The number of benzene rings is 4. The fraction of sp³-hybridized carbons (Fsp3) is 0.429. The minimum atomic E-state index is -0.605. The standard InChI is InChI=1S/C42H52N6O4/c1-39(2,3)33(47-37(49)51-41(7,8)9)35-43-29-19-15-25-21-23(13-17-27(25)31(29)45-35)24-14-18-28-26(22-24)16-20-30-32(28)46-36(44-30)34(40(4,5)6)48-38(50)52-42(10,11)12/h13-22,33-34H,1-12H3,(H,43,45)(H,44,46)(H,47,49)(H,48,50)/t33-,34-/m1/s1. The molecule has 0 aliphatic heterocycles. The minimum absolute atomic E-state index is 0.321. The molecule has 0 bridgehead atoms. The summed E-state index contributed by atoms with van der Waals surface area (Å²) in [6.45, 7) is 23.5. The van der Waals surface area contributed by atoms with Crippen molar-refractivity contribution in [3.05, 3.63) is 72.3 Å². The van der Waals surface area contributed by atoms with Crippen LogP contribution in [-0.4, -0.2) is 43.3 Å². The van der Waals surface area contributed by atoms with Crippen molar-refractivity contribution in [2.45, 2.75) is 106 Å². The van der Waals surface area contributed by atoms with Gasteiger partial charge in [-0.25, -0.2) is 19.6 Å². The van der Waals surface area contributed by atoms with Gasteiger partial charge in [0.05, 0.1) is 34.2 Å². The van der Waals surface area contributed by atoms with Crippen LogP contribution >= 0.6 is 0 Å². The molecule has 0 aliphatic carbocycles. The Morgan fingerprint density at radius 1 is 0.558 bits per heavy atom. The van der Waals surface area contributed by atoms with E-state index in [1.165, 1.54) is 0 Å². The molecule has 0 aliphatic rings. The number of ether oxygens (including phenoxy) is 2. The van der Waals surface area contributed by atoms with E-state index in [2.05, 4.69) is 111 Å². The number of alkyl carbamates (subject to hydrolysis) is 2. The average molecular weight is 705 g/mol. The first-order valence-corrected chi connectivity index (χ1v) is 17.9.